The fourth-order valence-electron chi connectivity index (χ4n) is 3.42. The molecular weight excluding hydrogens is 276 g/mol. The number of carbonyl (C=O) groups is 1. The Balaban J connectivity index is 2.33. The molecule has 0 spiro atoms. The topological polar surface area (TPSA) is 26.3 Å². The zero-order chi connectivity index (χ0) is 15.9. The number of allylic oxidation sites excluding steroid dienone is 2. The molecule has 0 amide bonds. The molecule has 2 aliphatic rings. The third kappa shape index (κ3) is 3.09. The van der Waals surface area contributed by atoms with E-state index in [1.165, 1.54) is 5.57 Å². The fraction of sp³-hybridized carbons (Fsp3) is 0.722. The Bertz CT molecular complexity index is 470. The summed E-state index contributed by atoms with van der Waals surface area (Å²) >= 11 is 0. The van der Waals surface area contributed by atoms with Crippen LogP contribution in [-0.4, -0.2) is 19.7 Å². The monoisotopic (exact) mass is 306 g/mol. The zero-order valence-corrected chi connectivity index (χ0v) is 15.3. The SMILES string of the molecule is C=CCC[C@@]1(O[Si](C)(C)C(C)(C)C)CC[C@@H]2CC(=O)C=C21. The summed E-state index contributed by atoms with van der Waals surface area (Å²) < 4.78 is 6.89. The zero-order valence-electron chi connectivity index (χ0n) is 14.3. The first-order valence-corrected chi connectivity index (χ1v) is 11.1. The van der Waals surface area contributed by atoms with Crippen LogP contribution in [0.4, 0.5) is 0 Å². The van der Waals surface area contributed by atoms with Crippen LogP contribution < -0.4 is 0 Å². The van der Waals surface area contributed by atoms with Crippen LogP contribution in [0.15, 0.2) is 24.3 Å². The predicted octanol–water partition coefficient (Wildman–Crippen LogP) is 5.02. The minimum Gasteiger partial charge on any atom is -0.408 e. The van der Waals surface area contributed by atoms with Crippen LogP contribution in [0, 0.1) is 5.92 Å². The summed E-state index contributed by atoms with van der Waals surface area (Å²) in [5.41, 5.74) is 1.09. The minimum atomic E-state index is -1.86. The predicted molar refractivity (Wildman–Crippen MR) is 90.9 cm³/mol. The fourth-order valence-corrected chi connectivity index (χ4v) is 5.03. The van der Waals surface area contributed by atoms with Crippen LogP contribution in [0.25, 0.3) is 0 Å². The summed E-state index contributed by atoms with van der Waals surface area (Å²) in [7, 11) is -1.86. The minimum absolute atomic E-state index is 0.190. The van der Waals surface area contributed by atoms with E-state index in [1.54, 1.807) is 0 Å². The van der Waals surface area contributed by atoms with Gasteiger partial charge in [0.25, 0.3) is 0 Å². The Labute approximate surface area is 130 Å². The van der Waals surface area contributed by atoms with Crippen LogP contribution in [0.1, 0.15) is 52.9 Å². The molecule has 2 rings (SSSR count). The molecular formula is C18H30O2Si. The number of hydrogen-bond acceptors (Lipinski definition) is 2. The first-order chi connectivity index (χ1) is 9.61. The van der Waals surface area contributed by atoms with Crippen LogP contribution in [-0.2, 0) is 9.22 Å². The molecule has 0 N–H and O–H groups in total. The highest BCUT2D eigenvalue weighted by atomic mass is 28.4. The van der Waals surface area contributed by atoms with Crippen molar-refractivity contribution in [1.29, 1.82) is 0 Å². The third-order valence-electron chi connectivity index (χ3n) is 5.64. The second-order valence-corrected chi connectivity index (χ2v) is 12.9. The molecule has 1 saturated carbocycles. The quantitative estimate of drug-likeness (QED) is 0.526. The van der Waals surface area contributed by atoms with E-state index in [4.69, 9.17) is 4.43 Å². The Morgan fingerprint density at radius 1 is 1.48 bits per heavy atom. The van der Waals surface area contributed by atoms with E-state index in [0.29, 0.717) is 12.3 Å². The molecule has 0 heterocycles. The molecule has 0 radical (unpaired) electrons. The lowest BCUT2D eigenvalue weighted by molar-refractivity contribution is -0.114. The van der Waals surface area contributed by atoms with E-state index < -0.39 is 8.32 Å². The second-order valence-electron chi connectivity index (χ2n) is 8.19. The molecule has 0 aromatic rings. The molecule has 0 saturated heterocycles. The summed E-state index contributed by atoms with van der Waals surface area (Å²) in [6, 6.07) is 0. The molecule has 0 aromatic carbocycles. The van der Waals surface area contributed by atoms with Crippen molar-refractivity contribution < 1.29 is 9.22 Å². The number of hydrogen-bond donors (Lipinski definition) is 0. The molecule has 2 nitrogen and oxygen atoms in total. The van der Waals surface area contributed by atoms with E-state index in [9.17, 15) is 4.79 Å². The smallest absolute Gasteiger partial charge is 0.193 e. The van der Waals surface area contributed by atoms with Crippen molar-refractivity contribution >= 4 is 14.1 Å². The number of rotatable bonds is 5. The second kappa shape index (κ2) is 5.51. The molecule has 0 aliphatic heterocycles. The van der Waals surface area contributed by atoms with Crippen molar-refractivity contribution in [3.63, 3.8) is 0 Å². The van der Waals surface area contributed by atoms with Gasteiger partial charge < -0.3 is 4.43 Å². The van der Waals surface area contributed by atoms with Crippen LogP contribution >= 0.6 is 0 Å². The Morgan fingerprint density at radius 2 is 2.14 bits per heavy atom. The Kier molecular flexibility index (Phi) is 4.38. The molecule has 1 fully saturated rings. The van der Waals surface area contributed by atoms with Crippen LogP contribution in [0.2, 0.25) is 18.1 Å². The summed E-state index contributed by atoms with van der Waals surface area (Å²) in [5.74, 6) is 0.726. The molecule has 3 heteroatoms. The van der Waals surface area contributed by atoms with E-state index in [0.717, 1.165) is 25.7 Å². The first kappa shape index (κ1) is 16.7. The highest BCUT2D eigenvalue weighted by Crippen LogP contribution is 2.53. The highest BCUT2D eigenvalue weighted by Gasteiger charge is 2.52. The van der Waals surface area contributed by atoms with E-state index >= 15 is 0 Å². The third-order valence-corrected chi connectivity index (χ3v) is 10.1. The maximum Gasteiger partial charge on any atom is 0.193 e. The average Bonchev–Trinajstić information content (AvgIpc) is 2.85. The molecule has 0 unspecified atom stereocenters. The summed E-state index contributed by atoms with van der Waals surface area (Å²) in [4.78, 5) is 11.8. The van der Waals surface area contributed by atoms with Gasteiger partial charge in [0.15, 0.2) is 14.1 Å². The van der Waals surface area contributed by atoms with Gasteiger partial charge in [-0.05, 0) is 61.4 Å². The van der Waals surface area contributed by atoms with Crippen molar-refractivity contribution in [3.05, 3.63) is 24.3 Å². The van der Waals surface area contributed by atoms with Crippen molar-refractivity contribution in [2.75, 3.05) is 0 Å². The van der Waals surface area contributed by atoms with Gasteiger partial charge in [-0.2, -0.15) is 0 Å². The van der Waals surface area contributed by atoms with Crippen molar-refractivity contribution in [2.45, 2.75) is 76.6 Å². The first-order valence-electron chi connectivity index (χ1n) is 8.17. The van der Waals surface area contributed by atoms with Crippen molar-refractivity contribution in [1.82, 2.24) is 0 Å². The standard InChI is InChI=1S/C18H30O2Si/c1-7-8-10-18(20-21(5,6)17(2,3)4)11-9-14-12-15(19)13-16(14)18/h7,13-14H,1,8-12H2,2-6H3/t14-,18-/m1/s1. The van der Waals surface area contributed by atoms with Crippen molar-refractivity contribution in [3.8, 4) is 0 Å². The maximum atomic E-state index is 11.8. The highest BCUT2D eigenvalue weighted by molar-refractivity contribution is 6.74. The van der Waals surface area contributed by atoms with Gasteiger partial charge in [0, 0.05) is 6.42 Å². The van der Waals surface area contributed by atoms with Crippen LogP contribution in [0.5, 0.6) is 0 Å². The maximum absolute atomic E-state index is 11.8. The largest absolute Gasteiger partial charge is 0.408 e. The lowest BCUT2D eigenvalue weighted by Crippen LogP contribution is -2.49. The average molecular weight is 307 g/mol. The van der Waals surface area contributed by atoms with Crippen LogP contribution in [0.3, 0.4) is 0 Å². The van der Waals surface area contributed by atoms with Gasteiger partial charge in [-0.3, -0.25) is 4.79 Å². The van der Waals surface area contributed by atoms with Crippen molar-refractivity contribution in [2.24, 2.45) is 5.92 Å². The Hall–Kier alpha value is -0.673. The lowest BCUT2D eigenvalue weighted by atomic mass is 9.90. The normalized spacial score (nSPS) is 29.5. The van der Waals surface area contributed by atoms with Gasteiger partial charge in [-0.15, -0.1) is 6.58 Å². The summed E-state index contributed by atoms with van der Waals surface area (Å²) in [5, 5.41) is 0.190. The summed E-state index contributed by atoms with van der Waals surface area (Å²) in [6.07, 6.45) is 8.66. The van der Waals surface area contributed by atoms with Gasteiger partial charge in [-0.25, -0.2) is 0 Å². The van der Waals surface area contributed by atoms with Gasteiger partial charge >= 0.3 is 0 Å². The van der Waals surface area contributed by atoms with Gasteiger partial charge in [0.05, 0.1) is 5.60 Å². The van der Waals surface area contributed by atoms with E-state index in [2.05, 4.69) is 40.4 Å². The van der Waals surface area contributed by atoms with Gasteiger partial charge in [0.1, 0.15) is 0 Å². The number of carbonyl (C=O) groups excluding carboxylic acids is 1. The Morgan fingerprint density at radius 3 is 2.71 bits per heavy atom. The molecule has 2 atom stereocenters. The number of ketones is 1. The molecule has 0 bridgehead atoms. The van der Waals surface area contributed by atoms with E-state index in [-0.39, 0.29) is 16.4 Å². The number of fused-ring (bicyclic) bond motifs is 1. The molecule has 0 aromatic heterocycles. The molecule has 118 valence electrons. The van der Waals surface area contributed by atoms with E-state index in [1.807, 2.05) is 12.2 Å². The summed E-state index contributed by atoms with van der Waals surface area (Å²) in [6.45, 7) is 15.3. The lowest BCUT2D eigenvalue weighted by Gasteiger charge is -2.45. The molecule has 21 heavy (non-hydrogen) atoms. The molecule has 2 aliphatic carbocycles. The van der Waals surface area contributed by atoms with Gasteiger partial charge in [0.2, 0.25) is 0 Å². The van der Waals surface area contributed by atoms with Gasteiger partial charge in [-0.1, -0.05) is 26.8 Å².